The van der Waals surface area contributed by atoms with Gasteiger partial charge in [0, 0.05) is 6.08 Å². The van der Waals surface area contributed by atoms with Gasteiger partial charge in [-0.2, -0.15) is 0 Å². The van der Waals surface area contributed by atoms with E-state index in [9.17, 15) is 19.5 Å². The normalized spacial score (nSPS) is 17.9. The Morgan fingerprint density at radius 1 is 1.39 bits per heavy atom. The van der Waals surface area contributed by atoms with Crippen LogP contribution in [-0.2, 0) is 19.1 Å². The van der Waals surface area contributed by atoms with Gasteiger partial charge < -0.3 is 14.6 Å². The molecule has 0 spiro atoms. The lowest BCUT2D eigenvalue weighted by Gasteiger charge is -2.15. The van der Waals surface area contributed by atoms with Crippen LogP contribution in [0.25, 0.3) is 6.08 Å². The first kappa shape index (κ1) is 17.0. The number of phenols is 1. The number of allylic oxidation sites excluding steroid dienone is 3. The number of aromatic hydroxyl groups is 1. The van der Waals surface area contributed by atoms with E-state index in [0.29, 0.717) is 10.0 Å². The first-order valence-corrected chi connectivity index (χ1v) is 7.35. The van der Waals surface area contributed by atoms with Crippen molar-refractivity contribution >= 4 is 39.5 Å². The predicted molar refractivity (Wildman–Crippen MR) is 84.7 cm³/mol. The molecule has 1 heterocycles. The van der Waals surface area contributed by atoms with Crippen LogP contribution in [0.4, 0.5) is 0 Å². The Bertz CT molecular complexity index is 747. The van der Waals surface area contributed by atoms with Crippen molar-refractivity contribution in [3.05, 3.63) is 40.1 Å². The summed E-state index contributed by atoms with van der Waals surface area (Å²) < 4.78 is 10.2. The second-order valence-corrected chi connectivity index (χ2v) is 5.66. The summed E-state index contributed by atoms with van der Waals surface area (Å²) >= 11 is 3.16. The van der Waals surface area contributed by atoms with Gasteiger partial charge in [0.1, 0.15) is 5.76 Å². The fourth-order valence-electron chi connectivity index (χ4n) is 2.02. The summed E-state index contributed by atoms with van der Waals surface area (Å²) in [4.78, 5) is 35.5. The van der Waals surface area contributed by atoms with Crippen molar-refractivity contribution in [3.63, 3.8) is 0 Å². The molecular formula is C16H13BrO6. The van der Waals surface area contributed by atoms with E-state index in [1.165, 1.54) is 26.2 Å². The molecule has 1 atom stereocenters. The number of ketones is 2. The molecule has 2 rings (SSSR count). The van der Waals surface area contributed by atoms with E-state index >= 15 is 0 Å². The third-order valence-electron chi connectivity index (χ3n) is 3.12. The van der Waals surface area contributed by atoms with Crippen LogP contribution in [0.15, 0.2) is 34.5 Å². The van der Waals surface area contributed by atoms with Gasteiger partial charge in [0.05, 0.1) is 11.6 Å². The molecule has 1 N–H and O–H groups in total. The SMILES string of the molecule is COc1cc(/C=C\C(=O)[C@@H]2C(=O)C=C(C)OC2=O)cc(Br)c1O. The molecule has 0 saturated heterocycles. The maximum atomic E-state index is 12.1. The third kappa shape index (κ3) is 3.68. The topological polar surface area (TPSA) is 89.9 Å². The molecule has 0 amide bonds. The lowest BCUT2D eigenvalue weighted by Crippen LogP contribution is -2.34. The van der Waals surface area contributed by atoms with E-state index in [1.54, 1.807) is 6.07 Å². The molecule has 1 aliphatic heterocycles. The minimum Gasteiger partial charge on any atom is -0.503 e. The number of methoxy groups -OCH3 is 1. The van der Waals surface area contributed by atoms with Crippen molar-refractivity contribution < 1.29 is 29.0 Å². The van der Waals surface area contributed by atoms with Gasteiger partial charge in [0.2, 0.25) is 0 Å². The molecule has 0 radical (unpaired) electrons. The summed E-state index contributed by atoms with van der Waals surface area (Å²) in [5.41, 5.74) is 0.545. The minimum absolute atomic E-state index is 0.0670. The Balaban J connectivity index is 2.24. The monoisotopic (exact) mass is 380 g/mol. The molecule has 120 valence electrons. The molecule has 23 heavy (non-hydrogen) atoms. The quantitative estimate of drug-likeness (QED) is 0.490. The molecule has 1 aliphatic rings. The second kappa shape index (κ2) is 6.78. The molecule has 1 aromatic rings. The van der Waals surface area contributed by atoms with E-state index in [0.717, 1.165) is 12.2 Å². The van der Waals surface area contributed by atoms with Crippen molar-refractivity contribution in [2.45, 2.75) is 6.92 Å². The van der Waals surface area contributed by atoms with E-state index < -0.39 is 23.5 Å². The molecule has 0 bridgehead atoms. The summed E-state index contributed by atoms with van der Waals surface area (Å²) in [6, 6.07) is 3.07. The molecule has 6 nitrogen and oxygen atoms in total. The highest BCUT2D eigenvalue weighted by Gasteiger charge is 2.36. The number of rotatable bonds is 4. The molecule has 0 aliphatic carbocycles. The number of phenolic OH excluding ortho intramolecular Hbond substituents is 1. The van der Waals surface area contributed by atoms with Crippen molar-refractivity contribution in [2.24, 2.45) is 5.92 Å². The number of carbonyl (C=O) groups is 3. The maximum Gasteiger partial charge on any atom is 0.329 e. The number of benzene rings is 1. The van der Waals surface area contributed by atoms with Gasteiger partial charge in [0.15, 0.2) is 29.0 Å². The molecule has 0 fully saturated rings. The Kier molecular flexibility index (Phi) is 5.00. The number of carbonyl (C=O) groups excluding carboxylic acids is 3. The summed E-state index contributed by atoms with van der Waals surface area (Å²) in [5, 5.41) is 9.72. The van der Waals surface area contributed by atoms with Crippen LogP contribution in [0.3, 0.4) is 0 Å². The predicted octanol–water partition coefficient (Wildman–Crippen LogP) is 2.39. The summed E-state index contributed by atoms with van der Waals surface area (Å²) in [7, 11) is 1.39. The van der Waals surface area contributed by atoms with Gasteiger partial charge in [-0.15, -0.1) is 0 Å². The van der Waals surface area contributed by atoms with Crippen molar-refractivity contribution in [2.75, 3.05) is 7.11 Å². The van der Waals surface area contributed by atoms with Crippen LogP contribution in [0.1, 0.15) is 12.5 Å². The number of cyclic esters (lactones) is 1. The smallest absolute Gasteiger partial charge is 0.329 e. The van der Waals surface area contributed by atoms with Crippen LogP contribution in [-0.4, -0.2) is 29.8 Å². The van der Waals surface area contributed by atoms with Crippen LogP contribution in [0.5, 0.6) is 11.5 Å². The first-order chi connectivity index (χ1) is 10.8. The fraction of sp³-hybridized carbons (Fsp3) is 0.188. The summed E-state index contributed by atoms with van der Waals surface area (Å²) in [5.74, 6) is -3.31. The first-order valence-electron chi connectivity index (χ1n) is 6.55. The van der Waals surface area contributed by atoms with Gasteiger partial charge in [0.25, 0.3) is 0 Å². The molecule has 7 heteroatoms. The highest BCUT2D eigenvalue weighted by molar-refractivity contribution is 9.10. The number of ether oxygens (including phenoxy) is 2. The summed E-state index contributed by atoms with van der Waals surface area (Å²) in [6.45, 7) is 1.46. The zero-order valence-corrected chi connectivity index (χ0v) is 13.9. The number of hydrogen-bond donors (Lipinski definition) is 1. The van der Waals surface area contributed by atoms with Crippen LogP contribution in [0.2, 0.25) is 0 Å². The Morgan fingerprint density at radius 2 is 2.09 bits per heavy atom. The summed E-state index contributed by atoms with van der Waals surface area (Å²) in [6.07, 6.45) is 3.66. The van der Waals surface area contributed by atoms with E-state index in [2.05, 4.69) is 15.9 Å². The van der Waals surface area contributed by atoms with Crippen LogP contribution in [0, 0.1) is 5.92 Å². The number of esters is 1. The second-order valence-electron chi connectivity index (χ2n) is 4.80. The Hall–Kier alpha value is -2.41. The van der Waals surface area contributed by atoms with Gasteiger partial charge >= 0.3 is 5.97 Å². The Labute approximate surface area is 140 Å². The number of halogens is 1. The van der Waals surface area contributed by atoms with Gasteiger partial charge in [-0.1, -0.05) is 6.08 Å². The van der Waals surface area contributed by atoms with Gasteiger partial charge in [-0.25, -0.2) is 0 Å². The van der Waals surface area contributed by atoms with E-state index in [1.807, 2.05) is 0 Å². The van der Waals surface area contributed by atoms with E-state index in [-0.39, 0.29) is 17.3 Å². The molecule has 1 aromatic carbocycles. The van der Waals surface area contributed by atoms with Crippen molar-refractivity contribution in [1.82, 2.24) is 0 Å². The average Bonchev–Trinajstić information content (AvgIpc) is 2.47. The zero-order chi connectivity index (χ0) is 17.1. The van der Waals surface area contributed by atoms with Crippen molar-refractivity contribution in [1.29, 1.82) is 0 Å². The van der Waals surface area contributed by atoms with E-state index in [4.69, 9.17) is 9.47 Å². The third-order valence-corrected chi connectivity index (χ3v) is 3.73. The molecule has 0 aromatic heterocycles. The maximum absolute atomic E-state index is 12.1. The number of hydrogen-bond acceptors (Lipinski definition) is 6. The lowest BCUT2D eigenvalue weighted by atomic mass is 9.96. The molecule has 0 unspecified atom stereocenters. The molecular weight excluding hydrogens is 368 g/mol. The van der Waals surface area contributed by atoms with Crippen molar-refractivity contribution in [3.8, 4) is 11.5 Å². The van der Waals surface area contributed by atoms with Gasteiger partial charge in [-0.3, -0.25) is 14.4 Å². The standard InChI is InChI=1S/C16H13BrO6/c1-8-5-12(19)14(16(21)23-8)11(18)4-3-9-6-10(17)15(20)13(7-9)22-2/h3-7,14,20H,1-2H3/b4-3-/t14-/m1/s1. The highest BCUT2D eigenvalue weighted by atomic mass is 79.9. The average molecular weight is 381 g/mol. The van der Waals surface area contributed by atoms with Crippen LogP contribution >= 0.6 is 15.9 Å². The van der Waals surface area contributed by atoms with Crippen LogP contribution < -0.4 is 4.74 Å². The molecule has 0 saturated carbocycles. The fourth-order valence-corrected chi connectivity index (χ4v) is 2.48. The Morgan fingerprint density at radius 3 is 2.70 bits per heavy atom. The minimum atomic E-state index is -1.47. The lowest BCUT2D eigenvalue weighted by molar-refractivity contribution is -0.151. The highest BCUT2D eigenvalue weighted by Crippen LogP contribution is 2.35. The van der Waals surface area contributed by atoms with Gasteiger partial charge in [-0.05, 0) is 46.6 Å². The zero-order valence-electron chi connectivity index (χ0n) is 12.3. The largest absolute Gasteiger partial charge is 0.503 e.